The highest BCUT2D eigenvalue weighted by Crippen LogP contribution is 2.13. The minimum atomic E-state index is -0.0242. The van der Waals surface area contributed by atoms with E-state index >= 15 is 0 Å². The molecule has 0 fully saturated rings. The predicted octanol–water partition coefficient (Wildman–Crippen LogP) is 4.36. The van der Waals surface area contributed by atoms with E-state index in [2.05, 4.69) is 36.2 Å². The van der Waals surface area contributed by atoms with E-state index in [1.807, 2.05) is 24.3 Å². The monoisotopic (exact) mass is 330 g/mol. The number of anilines is 1. The van der Waals surface area contributed by atoms with E-state index in [0.29, 0.717) is 11.4 Å². The Bertz CT molecular complexity index is 619. The number of amides is 1. The van der Waals surface area contributed by atoms with Crippen molar-refractivity contribution in [2.45, 2.75) is 26.8 Å². The molecule has 0 saturated carbocycles. The van der Waals surface area contributed by atoms with Crippen molar-refractivity contribution in [3.05, 3.63) is 64.7 Å². The first-order chi connectivity index (χ1) is 11.1. The predicted molar refractivity (Wildman–Crippen MR) is 96.9 cm³/mol. The summed E-state index contributed by atoms with van der Waals surface area (Å²) in [4.78, 5) is 14.4. The van der Waals surface area contributed by atoms with E-state index in [-0.39, 0.29) is 5.91 Å². The Balaban J connectivity index is 1.89. The van der Waals surface area contributed by atoms with Crippen molar-refractivity contribution in [2.75, 3.05) is 18.4 Å². The van der Waals surface area contributed by atoms with Crippen molar-refractivity contribution in [1.82, 2.24) is 4.90 Å². The largest absolute Gasteiger partial charge is 0.326 e. The molecule has 2 aromatic rings. The molecule has 4 heteroatoms. The molecule has 122 valence electrons. The highest BCUT2D eigenvalue weighted by Gasteiger charge is 2.05. The first-order valence-corrected chi connectivity index (χ1v) is 8.34. The van der Waals surface area contributed by atoms with E-state index in [9.17, 15) is 4.79 Å². The maximum atomic E-state index is 12.1. The molecule has 0 aliphatic rings. The van der Waals surface area contributed by atoms with E-state index in [1.165, 1.54) is 5.56 Å². The summed E-state index contributed by atoms with van der Waals surface area (Å²) in [6.45, 7) is 7.34. The Hall–Kier alpha value is -1.84. The van der Waals surface area contributed by atoms with Crippen LogP contribution in [0.5, 0.6) is 0 Å². The zero-order valence-electron chi connectivity index (χ0n) is 13.7. The third-order valence-corrected chi connectivity index (χ3v) is 4.07. The summed E-state index contributed by atoms with van der Waals surface area (Å²) >= 11 is 5.85. The highest BCUT2D eigenvalue weighted by atomic mass is 35.5. The van der Waals surface area contributed by atoms with Crippen molar-refractivity contribution < 1.29 is 4.79 Å². The van der Waals surface area contributed by atoms with Gasteiger partial charge in [0.2, 0.25) is 5.91 Å². The lowest BCUT2D eigenvalue weighted by molar-refractivity contribution is -0.115. The van der Waals surface area contributed by atoms with E-state index < -0.39 is 0 Å². The molecule has 0 aliphatic heterocycles. The lowest BCUT2D eigenvalue weighted by Gasteiger charge is -2.18. The van der Waals surface area contributed by atoms with Gasteiger partial charge in [-0.15, -0.1) is 0 Å². The molecule has 3 nitrogen and oxygen atoms in total. The molecule has 0 aliphatic carbocycles. The lowest BCUT2D eigenvalue weighted by Crippen LogP contribution is -2.22. The van der Waals surface area contributed by atoms with Crippen LogP contribution in [0.2, 0.25) is 5.02 Å². The minimum absolute atomic E-state index is 0.0242. The summed E-state index contributed by atoms with van der Waals surface area (Å²) in [6.07, 6.45) is 0.346. The number of carbonyl (C=O) groups is 1. The van der Waals surface area contributed by atoms with Gasteiger partial charge in [-0.05, 0) is 48.5 Å². The third kappa shape index (κ3) is 5.70. The van der Waals surface area contributed by atoms with Crippen molar-refractivity contribution >= 4 is 23.2 Å². The molecular weight excluding hydrogens is 308 g/mol. The van der Waals surface area contributed by atoms with Gasteiger partial charge in [0.1, 0.15) is 0 Å². The van der Waals surface area contributed by atoms with Crippen molar-refractivity contribution in [3.8, 4) is 0 Å². The van der Waals surface area contributed by atoms with Gasteiger partial charge in [-0.1, -0.05) is 49.7 Å². The molecular formula is C19H23ClN2O. The molecule has 23 heavy (non-hydrogen) atoms. The fourth-order valence-corrected chi connectivity index (χ4v) is 2.52. The van der Waals surface area contributed by atoms with Gasteiger partial charge in [-0.25, -0.2) is 0 Å². The van der Waals surface area contributed by atoms with Crippen LogP contribution in [-0.2, 0) is 17.8 Å². The second-order valence-corrected chi connectivity index (χ2v) is 5.95. The fourth-order valence-electron chi connectivity index (χ4n) is 2.39. The first-order valence-electron chi connectivity index (χ1n) is 7.96. The lowest BCUT2D eigenvalue weighted by atomic mass is 10.1. The first kappa shape index (κ1) is 17.5. The number of hydrogen-bond donors (Lipinski definition) is 1. The maximum Gasteiger partial charge on any atom is 0.228 e. The number of rotatable bonds is 7. The molecule has 0 heterocycles. The normalized spacial score (nSPS) is 10.8. The summed E-state index contributed by atoms with van der Waals surface area (Å²) in [7, 11) is 0. The summed E-state index contributed by atoms with van der Waals surface area (Å²) in [6, 6.07) is 15.4. The second-order valence-electron chi connectivity index (χ2n) is 5.51. The van der Waals surface area contributed by atoms with Crippen LogP contribution in [0.25, 0.3) is 0 Å². The smallest absolute Gasteiger partial charge is 0.228 e. The van der Waals surface area contributed by atoms with Gasteiger partial charge in [-0.3, -0.25) is 9.69 Å². The molecule has 1 amide bonds. The summed E-state index contributed by atoms with van der Waals surface area (Å²) in [5.74, 6) is -0.0242. The van der Waals surface area contributed by atoms with Gasteiger partial charge in [0, 0.05) is 17.3 Å². The number of carbonyl (C=O) groups excluding carboxylic acids is 1. The zero-order valence-corrected chi connectivity index (χ0v) is 14.4. The molecule has 2 aromatic carbocycles. The van der Waals surface area contributed by atoms with Crippen LogP contribution in [0, 0.1) is 0 Å². The van der Waals surface area contributed by atoms with E-state index in [4.69, 9.17) is 11.6 Å². The second kappa shape index (κ2) is 8.70. The van der Waals surface area contributed by atoms with Crippen LogP contribution >= 0.6 is 11.6 Å². The Labute approximate surface area is 143 Å². The van der Waals surface area contributed by atoms with Gasteiger partial charge in [0.05, 0.1) is 6.42 Å². The molecule has 0 spiro atoms. The highest BCUT2D eigenvalue weighted by molar-refractivity contribution is 6.30. The van der Waals surface area contributed by atoms with E-state index in [0.717, 1.165) is 30.9 Å². The van der Waals surface area contributed by atoms with Gasteiger partial charge < -0.3 is 5.32 Å². The van der Waals surface area contributed by atoms with Crippen LogP contribution in [0.4, 0.5) is 5.69 Å². The quantitative estimate of drug-likeness (QED) is 0.818. The molecule has 0 unspecified atom stereocenters. The van der Waals surface area contributed by atoms with Crippen molar-refractivity contribution in [1.29, 1.82) is 0 Å². The Morgan fingerprint density at radius 2 is 1.52 bits per heavy atom. The van der Waals surface area contributed by atoms with Crippen LogP contribution < -0.4 is 5.32 Å². The number of nitrogens with one attached hydrogen (secondary N) is 1. The topological polar surface area (TPSA) is 32.3 Å². The molecule has 0 saturated heterocycles. The summed E-state index contributed by atoms with van der Waals surface area (Å²) < 4.78 is 0. The molecule has 0 atom stereocenters. The number of halogens is 1. The molecule has 1 N–H and O–H groups in total. The van der Waals surface area contributed by atoms with E-state index in [1.54, 1.807) is 12.1 Å². The Morgan fingerprint density at radius 1 is 0.957 bits per heavy atom. The minimum Gasteiger partial charge on any atom is -0.326 e. The Morgan fingerprint density at radius 3 is 2.09 bits per heavy atom. The standard InChI is InChI=1S/C19H23ClN2O/c1-3-22(4-2)14-16-7-11-18(12-8-16)21-19(23)13-15-5-9-17(20)10-6-15/h5-12H,3-4,13-14H2,1-2H3,(H,21,23). The van der Waals surface area contributed by atoms with Crippen molar-refractivity contribution in [2.24, 2.45) is 0 Å². The van der Waals surface area contributed by atoms with Crippen LogP contribution in [0.1, 0.15) is 25.0 Å². The Kier molecular flexibility index (Phi) is 6.63. The zero-order chi connectivity index (χ0) is 16.7. The maximum absolute atomic E-state index is 12.1. The SMILES string of the molecule is CCN(CC)Cc1ccc(NC(=O)Cc2ccc(Cl)cc2)cc1. The molecule has 0 bridgehead atoms. The molecule has 2 rings (SSSR count). The summed E-state index contributed by atoms with van der Waals surface area (Å²) in [5, 5.41) is 3.61. The van der Waals surface area contributed by atoms with Crippen LogP contribution in [0.15, 0.2) is 48.5 Å². The number of nitrogens with zero attached hydrogens (tertiary/aromatic N) is 1. The third-order valence-electron chi connectivity index (χ3n) is 3.82. The number of hydrogen-bond acceptors (Lipinski definition) is 2. The summed E-state index contributed by atoms with van der Waals surface area (Å²) in [5.41, 5.74) is 3.03. The average Bonchev–Trinajstić information content (AvgIpc) is 2.56. The van der Waals surface area contributed by atoms with Crippen LogP contribution in [-0.4, -0.2) is 23.9 Å². The fraction of sp³-hybridized carbons (Fsp3) is 0.316. The van der Waals surface area contributed by atoms with Gasteiger partial charge in [0.25, 0.3) is 0 Å². The van der Waals surface area contributed by atoms with Crippen molar-refractivity contribution in [3.63, 3.8) is 0 Å². The van der Waals surface area contributed by atoms with Gasteiger partial charge in [0.15, 0.2) is 0 Å². The molecule has 0 aromatic heterocycles. The van der Waals surface area contributed by atoms with Gasteiger partial charge >= 0.3 is 0 Å². The van der Waals surface area contributed by atoms with Gasteiger partial charge in [-0.2, -0.15) is 0 Å². The molecule has 0 radical (unpaired) electrons. The number of benzene rings is 2. The average molecular weight is 331 g/mol. The van der Waals surface area contributed by atoms with Crippen LogP contribution in [0.3, 0.4) is 0 Å².